The van der Waals surface area contributed by atoms with Crippen molar-refractivity contribution in [2.24, 2.45) is 11.8 Å². The first-order valence-electron chi connectivity index (χ1n) is 8.08. The highest BCUT2D eigenvalue weighted by Gasteiger charge is 2.40. The minimum atomic E-state index is 0.397. The van der Waals surface area contributed by atoms with Gasteiger partial charge in [-0.15, -0.1) is 0 Å². The second-order valence-electron chi connectivity index (χ2n) is 6.17. The summed E-state index contributed by atoms with van der Waals surface area (Å²) in [6, 6.07) is 0. The van der Waals surface area contributed by atoms with Crippen LogP contribution in [-0.2, 0) is 4.79 Å². The Labute approximate surface area is 112 Å². The first kappa shape index (κ1) is 13.8. The van der Waals surface area contributed by atoms with E-state index in [4.69, 9.17) is 0 Å². The molecule has 0 heterocycles. The first-order chi connectivity index (χ1) is 8.88. The van der Waals surface area contributed by atoms with E-state index >= 15 is 0 Å². The highest BCUT2D eigenvalue weighted by molar-refractivity contribution is 5.93. The van der Waals surface area contributed by atoms with Crippen molar-refractivity contribution < 1.29 is 4.79 Å². The molecule has 0 aromatic carbocycles. The monoisotopic (exact) mass is 248 g/mol. The van der Waals surface area contributed by atoms with Crippen LogP contribution in [0, 0.1) is 11.8 Å². The molecule has 0 bridgehead atoms. The van der Waals surface area contributed by atoms with Gasteiger partial charge in [0.25, 0.3) is 0 Å². The predicted octanol–water partition coefficient (Wildman–Crippen LogP) is 5.05. The van der Waals surface area contributed by atoms with Crippen LogP contribution in [0.5, 0.6) is 0 Å². The maximum atomic E-state index is 11.9. The number of carbonyl (C=O) groups is 1. The van der Waals surface area contributed by atoms with Crippen molar-refractivity contribution in [2.45, 2.75) is 77.0 Å². The molecule has 102 valence electrons. The largest absolute Gasteiger partial charge is 0.295 e. The van der Waals surface area contributed by atoms with Crippen LogP contribution in [-0.4, -0.2) is 5.78 Å². The molecule has 1 fully saturated rings. The van der Waals surface area contributed by atoms with Crippen LogP contribution in [0.1, 0.15) is 77.0 Å². The summed E-state index contributed by atoms with van der Waals surface area (Å²) in [5.41, 5.74) is 0. The molecule has 2 aliphatic rings. The summed E-state index contributed by atoms with van der Waals surface area (Å²) in [6.07, 6.45) is 19.9. The minimum Gasteiger partial charge on any atom is -0.295 e. The number of hydrogen-bond acceptors (Lipinski definition) is 1. The van der Waals surface area contributed by atoms with Crippen molar-refractivity contribution in [3.63, 3.8) is 0 Å². The molecule has 0 amide bonds. The Hall–Kier alpha value is -0.590. The Bertz CT molecular complexity index is 279. The summed E-state index contributed by atoms with van der Waals surface area (Å²) < 4.78 is 0. The van der Waals surface area contributed by atoms with E-state index in [9.17, 15) is 4.79 Å². The van der Waals surface area contributed by atoms with Crippen LogP contribution < -0.4 is 0 Å². The highest BCUT2D eigenvalue weighted by atomic mass is 16.1. The van der Waals surface area contributed by atoms with Gasteiger partial charge in [-0.3, -0.25) is 4.79 Å². The molecular formula is C17H28O. The molecule has 1 heteroatoms. The fraction of sp³-hybridized carbons (Fsp3) is 0.824. The van der Waals surface area contributed by atoms with Crippen molar-refractivity contribution in [1.29, 1.82) is 0 Å². The Balaban J connectivity index is 1.73. The molecule has 2 rings (SSSR count). The molecule has 1 saturated carbocycles. The standard InChI is InChI=1S/C17H28O/c18-17-13-11-9-7-5-3-1-2-4-6-8-10-12-15-14-16(15)17/h11,13,15-16H,1-10,12,14H2/b13-11-/t15-,16+/m0/s1. The summed E-state index contributed by atoms with van der Waals surface area (Å²) in [4.78, 5) is 11.9. The summed E-state index contributed by atoms with van der Waals surface area (Å²) in [5.74, 6) is 1.54. The molecule has 1 nitrogen and oxygen atoms in total. The van der Waals surface area contributed by atoms with Crippen molar-refractivity contribution >= 4 is 5.78 Å². The number of allylic oxidation sites excluding steroid dienone is 2. The molecule has 0 aromatic heterocycles. The molecule has 0 radical (unpaired) electrons. The second kappa shape index (κ2) is 7.76. The molecule has 0 aromatic rings. The zero-order valence-electron chi connectivity index (χ0n) is 11.7. The molecule has 2 aliphatic carbocycles. The van der Waals surface area contributed by atoms with Crippen LogP contribution in [0.2, 0.25) is 0 Å². The molecule has 0 unspecified atom stereocenters. The number of ketones is 1. The Morgan fingerprint density at radius 1 is 0.833 bits per heavy atom. The molecule has 18 heavy (non-hydrogen) atoms. The van der Waals surface area contributed by atoms with Gasteiger partial charge >= 0.3 is 0 Å². The lowest BCUT2D eigenvalue weighted by molar-refractivity contribution is -0.116. The molecule has 0 spiro atoms. The van der Waals surface area contributed by atoms with E-state index in [2.05, 4.69) is 6.08 Å². The maximum absolute atomic E-state index is 11.9. The third-order valence-electron chi connectivity index (χ3n) is 4.52. The van der Waals surface area contributed by atoms with Gasteiger partial charge < -0.3 is 0 Å². The average Bonchev–Trinajstić information content (AvgIpc) is 3.13. The van der Waals surface area contributed by atoms with Gasteiger partial charge in [0.2, 0.25) is 0 Å². The van der Waals surface area contributed by atoms with E-state index < -0.39 is 0 Å². The number of rotatable bonds is 0. The van der Waals surface area contributed by atoms with Crippen LogP contribution in [0.15, 0.2) is 12.2 Å². The lowest BCUT2D eigenvalue weighted by Crippen LogP contribution is -1.98. The first-order valence-corrected chi connectivity index (χ1v) is 8.08. The SMILES string of the molecule is O=C1/C=C\CCCCCCCCCCC[C@H]2C[C@@H]12. The smallest absolute Gasteiger partial charge is 0.158 e. The fourth-order valence-corrected chi connectivity index (χ4v) is 3.14. The number of hydrogen-bond donors (Lipinski definition) is 0. The summed E-state index contributed by atoms with van der Waals surface area (Å²) in [5, 5.41) is 0. The fourth-order valence-electron chi connectivity index (χ4n) is 3.14. The van der Waals surface area contributed by atoms with Gasteiger partial charge in [-0.25, -0.2) is 0 Å². The summed E-state index contributed by atoms with van der Waals surface area (Å²) in [7, 11) is 0. The van der Waals surface area contributed by atoms with Gasteiger partial charge in [0.05, 0.1) is 0 Å². The highest BCUT2D eigenvalue weighted by Crippen LogP contribution is 2.43. The second-order valence-corrected chi connectivity index (χ2v) is 6.17. The van der Waals surface area contributed by atoms with Gasteiger partial charge in [0.1, 0.15) is 0 Å². The normalized spacial score (nSPS) is 33.7. The topological polar surface area (TPSA) is 17.1 Å². The van der Waals surface area contributed by atoms with Gasteiger partial charge in [-0.1, -0.05) is 57.4 Å². The Kier molecular flexibility index (Phi) is 5.96. The zero-order chi connectivity index (χ0) is 12.6. The number of carbonyl (C=O) groups excluding carboxylic acids is 1. The van der Waals surface area contributed by atoms with E-state index in [0.717, 1.165) is 12.3 Å². The summed E-state index contributed by atoms with van der Waals surface area (Å²) in [6.45, 7) is 0. The van der Waals surface area contributed by atoms with E-state index in [0.29, 0.717) is 11.7 Å². The van der Waals surface area contributed by atoms with Crippen molar-refractivity contribution in [1.82, 2.24) is 0 Å². The van der Waals surface area contributed by atoms with Crippen molar-refractivity contribution in [2.75, 3.05) is 0 Å². The Morgan fingerprint density at radius 2 is 1.44 bits per heavy atom. The van der Waals surface area contributed by atoms with Crippen molar-refractivity contribution in [3.8, 4) is 0 Å². The van der Waals surface area contributed by atoms with Crippen molar-refractivity contribution in [3.05, 3.63) is 12.2 Å². The zero-order valence-corrected chi connectivity index (χ0v) is 11.7. The third-order valence-corrected chi connectivity index (χ3v) is 4.52. The molecule has 0 N–H and O–H groups in total. The van der Waals surface area contributed by atoms with E-state index in [-0.39, 0.29) is 0 Å². The van der Waals surface area contributed by atoms with Crippen LogP contribution in [0.4, 0.5) is 0 Å². The lowest BCUT2D eigenvalue weighted by atomic mass is 10.0. The molecule has 2 atom stereocenters. The predicted molar refractivity (Wildman–Crippen MR) is 76.5 cm³/mol. The van der Waals surface area contributed by atoms with E-state index in [1.165, 1.54) is 70.6 Å². The Morgan fingerprint density at radius 3 is 2.17 bits per heavy atom. The average molecular weight is 248 g/mol. The van der Waals surface area contributed by atoms with Crippen LogP contribution in [0.3, 0.4) is 0 Å². The number of fused-ring (bicyclic) bond motifs is 1. The molecule has 0 saturated heterocycles. The molecular weight excluding hydrogens is 220 g/mol. The van der Waals surface area contributed by atoms with Gasteiger partial charge in [-0.05, 0) is 37.7 Å². The maximum Gasteiger partial charge on any atom is 0.158 e. The van der Waals surface area contributed by atoms with Gasteiger partial charge in [-0.2, -0.15) is 0 Å². The minimum absolute atomic E-state index is 0.397. The lowest BCUT2D eigenvalue weighted by Gasteiger charge is -2.03. The van der Waals surface area contributed by atoms with Crippen LogP contribution >= 0.6 is 0 Å². The quantitative estimate of drug-likeness (QED) is 0.586. The van der Waals surface area contributed by atoms with Gasteiger partial charge in [0.15, 0.2) is 5.78 Å². The third kappa shape index (κ3) is 4.96. The van der Waals surface area contributed by atoms with Crippen LogP contribution in [0.25, 0.3) is 0 Å². The van der Waals surface area contributed by atoms with Gasteiger partial charge in [0, 0.05) is 5.92 Å². The molecule has 0 aliphatic heterocycles. The van der Waals surface area contributed by atoms with E-state index in [1.54, 1.807) is 0 Å². The summed E-state index contributed by atoms with van der Waals surface area (Å²) >= 11 is 0. The van der Waals surface area contributed by atoms with E-state index in [1.807, 2.05) is 6.08 Å².